The fourth-order valence-electron chi connectivity index (χ4n) is 1.41. The molecule has 0 heterocycles. The highest BCUT2D eigenvalue weighted by Gasteiger charge is 2.36. The van der Waals surface area contributed by atoms with Gasteiger partial charge in [0.2, 0.25) is 10.0 Å². The molecule has 0 saturated heterocycles. The number of nitrogens with zero attached hydrogens (tertiary/aromatic N) is 1. The summed E-state index contributed by atoms with van der Waals surface area (Å²) in [6.07, 6.45) is 0. The molecular formula is C11H16Cl2N2O3S. The summed E-state index contributed by atoms with van der Waals surface area (Å²) in [4.78, 5) is -0.206. The van der Waals surface area contributed by atoms with Crippen LogP contribution in [0.3, 0.4) is 0 Å². The van der Waals surface area contributed by atoms with Crippen molar-refractivity contribution >= 4 is 38.9 Å². The first kappa shape index (κ1) is 16.5. The number of halogens is 2. The third kappa shape index (κ3) is 3.14. The molecular weight excluding hydrogens is 311 g/mol. The lowest BCUT2D eigenvalue weighted by atomic mass is 10.1. The number of anilines is 1. The second-order valence-corrected chi connectivity index (χ2v) is 7.50. The zero-order chi connectivity index (χ0) is 15.0. The van der Waals surface area contributed by atoms with Crippen LogP contribution in [0.1, 0.15) is 13.8 Å². The lowest BCUT2D eigenvalue weighted by Gasteiger charge is -2.33. The zero-order valence-corrected chi connectivity index (χ0v) is 13.1. The van der Waals surface area contributed by atoms with Gasteiger partial charge >= 0.3 is 0 Å². The van der Waals surface area contributed by atoms with Crippen LogP contribution < -0.4 is 5.73 Å². The molecule has 3 N–H and O–H groups in total. The molecule has 1 aromatic rings. The quantitative estimate of drug-likeness (QED) is 0.828. The molecule has 0 atom stereocenters. The van der Waals surface area contributed by atoms with Gasteiger partial charge in [-0.3, -0.25) is 0 Å². The third-order valence-electron chi connectivity index (χ3n) is 2.89. The molecule has 19 heavy (non-hydrogen) atoms. The van der Waals surface area contributed by atoms with E-state index in [1.54, 1.807) is 13.8 Å². The Balaban J connectivity index is 3.45. The fraction of sp³-hybridized carbons (Fsp3) is 0.455. The van der Waals surface area contributed by atoms with E-state index in [9.17, 15) is 13.5 Å². The molecule has 8 heteroatoms. The van der Waals surface area contributed by atoms with Crippen LogP contribution in [0.15, 0.2) is 17.0 Å². The van der Waals surface area contributed by atoms with Gasteiger partial charge in [0.15, 0.2) is 0 Å². The largest absolute Gasteiger partial charge is 0.398 e. The zero-order valence-electron chi connectivity index (χ0n) is 10.8. The van der Waals surface area contributed by atoms with Gasteiger partial charge in [0.1, 0.15) is 4.90 Å². The smallest absolute Gasteiger partial charge is 0.246 e. The van der Waals surface area contributed by atoms with Crippen LogP contribution in [0.5, 0.6) is 0 Å². The molecule has 0 spiro atoms. The van der Waals surface area contributed by atoms with Gasteiger partial charge in [-0.05, 0) is 26.0 Å². The number of nitrogens with two attached hydrogens (primary N) is 1. The second-order valence-electron chi connectivity index (χ2n) is 4.75. The number of aliphatic hydroxyl groups excluding tert-OH is 1. The minimum absolute atomic E-state index is 0.0295. The molecule has 0 aromatic heterocycles. The van der Waals surface area contributed by atoms with Crippen LogP contribution in [0.25, 0.3) is 0 Å². The highest BCUT2D eigenvalue weighted by atomic mass is 35.5. The van der Waals surface area contributed by atoms with Crippen molar-refractivity contribution in [1.29, 1.82) is 0 Å². The van der Waals surface area contributed by atoms with Crippen LogP contribution in [0, 0.1) is 0 Å². The van der Waals surface area contributed by atoms with E-state index in [-0.39, 0.29) is 27.2 Å². The average Bonchev–Trinajstić information content (AvgIpc) is 2.26. The van der Waals surface area contributed by atoms with E-state index in [1.807, 2.05) is 0 Å². The van der Waals surface area contributed by atoms with Crippen molar-refractivity contribution in [2.45, 2.75) is 24.3 Å². The van der Waals surface area contributed by atoms with Crippen molar-refractivity contribution in [3.63, 3.8) is 0 Å². The number of aliphatic hydroxyl groups is 1. The van der Waals surface area contributed by atoms with Crippen LogP contribution in [-0.2, 0) is 10.0 Å². The van der Waals surface area contributed by atoms with E-state index in [0.29, 0.717) is 0 Å². The van der Waals surface area contributed by atoms with E-state index < -0.39 is 15.6 Å². The molecule has 0 aliphatic heterocycles. The van der Waals surface area contributed by atoms with Gasteiger partial charge in [-0.1, -0.05) is 23.2 Å². The Bertz CT molecular complexity index is 565. The maximum atomic E-state index is 12.5. The molecule has 0 saturated carbocycles. The number of rotatable bonds is 4. The molecule has 108 valence electrons. The maximum Gasteiger partial charge on any atom is 0.246 e. The minimum atomic E-state index is -3.93. The molecule has 1 rings (SSSR count). The van der Waals surface area contributed by atoms with Gasteiger partial charge in [0.25, 0.3) is 0 Å². The van der Waals surface area contributed by atoms with E-state index in [1.165, 1.54) is 19.2 Å². The molecule has 1 aromatic carbocycles. The SMILES string of the molecule is CN(C(C)(C)CO)S(=O)(=O)c1c(N)cc(Cl)cc1Cl. The monoisotopic (exact) mass is 326 g/mol. The van der Waals surface area contributed by atoms with Crippen molar-refractivity contribution in [2.75, 3.05) is 19.4 Å². The second kappa shape index (κ2) is 5.46. The van der Waals surface area contributed by atoms with Gasteiger partial charge in [0.05, 0.1) is 22.9 Å². The molecule has 0 amide bonds. The minimum Gasteiger partial charge on any atom is -0.398 e. The topological polar surface area (TPSA) is 83.6 Å². The number of benzene rings is 1. The Kier molecular flexibility index (Phi) is 4.75. The normalized spacial score (nSPS) is 13.0. The van der Waals surface area contributed by atoms with Gasteiger partial charge in [-0.2, -0.15) is 4.31 Å². The summed E-state index contributed by atoms with van der Waals surface area (Å²) < 4.78 is 26.0. The van der Waals surface area contributed by atoms with Gasteiger partial charge in [-0.15, -0.1) is 0 Å². The van der Waals surface area contributed by atoms with Crippen LogP contribution in [-0.4, -0.2) is 37.0 Å². The van der Waals surface area contributed by atoms with Gasteiger partial charge in [0, 0.05) is 12.1 Å². The Labute approximate surface area is 123 Å². The fourth-order valence-corrected chi connectivity index (χ4v) is 3.86. The van der Waals surface area contributed by atoms with Crippen LogP contribution >= 0.6 is 23.2 Å². The molecule has 0 bridgehead atoms. The first-order chi connectivity index (χ1) is 8.54. The standard InChI is InChI=1S/C11H16Cl2N2O3S/c1-11(2,6-16)15(3)19(17,18)10-8(13)4-7(12)5-9(10)14/h4-5,16H,6,14H2,1-3H3. The molecule has 0 unspecified atom stereocenters. The van der Waals surface area contributed by atoms with E-state index >= 15 is 0 Å². The molecule has 0 fully saturated rings. The van der Waals surface area contributed by atoms with E-state index in [4.69, 9.17) is 28.9 Å². The summed E-state index contributed by atoms with van der Waals surface area (Å²) in [7, 11) is -2.57. The van der Waals surface area contributed by atoms with Crippen LogP contribution in [0.4, 0.5) is 5.69 Å². The summed E-state index contributed by atoms with van der Waals surface area (Å²) in [5.41, 5.74) is 4.69. The van der Waals surface area contributed by atoms with Crippen molar-refractivity contribution in [3.05, 3.63) is 22.2 Å². The predicted octanol–water partition coefficient (Wildman–Crippen LogP) is 1.97. The first-order valence-corrected chi connectivity index (χ1v) is 7.58. The predicted molar refractivity (Wildman–Crippen MR) is 77.0 cm³/mol. The Morgan fingerprint density at radius 1 is 1.37 bits per heavy atom. The van der Waals surface area contributed by atoms with E-state index in [2.05, 4.69) is 0 Å². The van der Waals surface area contributed by atoms with Crippen molar-refractivity contribution in [1.82, 2.24) is 4.31 Å². The first-order valence-electron chi connectivity index (χ1n) is 5.38. The Hall–Kier alpha value is -0.530. The number of sulfonamides is 1. The van der Waals surface area contributed by atoms with Gasteiger partial charge < -0.3 is 10.8 Å². The summed E-state index contributed by atoms with van der Waals surface area (Å²) in [5.74, 6) is 0. The Morgan fingerprint density at radius 2 is 1.89 bits per heavy atom. The number of nitrogen functional groups attached to an aromatic ring is 1. The summed E-state index contributed by atoms with van der Waals surface area (Å²) in [6.45, 7) is 2.84. The highest BCUT2D eigenvalue weighted by Crippen LogP contribution is 2.34. The van der Waals surface area contributed by atoms with Crippen LogP contribution in [0.2, 0.25) is 10.0 Å². The van der Waals surface area contributed by atoms with E-state index in [0.717, 1.165) is 4.31 Å². The molecule has 0 aliphatic rings. The Morgan fingerprint density at radius 3 is 2.32 bits per heavy atom. The molecule has 0 aliphatic carbocycles. The van der Waals surface area contributed by atoms with Crippen molar-refractivity contribution in [2.24, 2.45) is 0 Å². The summed E-state index contributed by atoms with van der Waals surface area (Å²) >= 11 is 11.7. The third-order valence-corrected chi connectivity index (χ3v) is 5.71. The van der Waals surface area contributed by atoms with Crippen molar-refractivity contribution in [3.8, 4) is 0 Å². The molecule has 5 nitrogen and oxygen atoms in total. The summed E-state index contributed by atoms with van der Waals surface area (Å²) in [6, 6.07) is 2.63. The number of hydrogen-bond donors (Lipinski definition) is 2. The molecule has 0 radical (unpaired) electrons. The maximum absolute atomic E-state index is 12.5. The van der Waals surface area contributed by atoms with Gasteiger partial charge in [-0.25, -0.2) is 8.42 Å². The lowest BCUT2D eigenvalue weighted by Crippen LogP contribution is -2.47. The number of likely N-dealkylation sites (N-methyl/N-ethyl adjacent to an activating group) is 1. The number of hydrogen-bond acceptors (Lipinski definition) is 4. The van der Waals surface area contributed by atoms with Crippen molar-refractivity contribution < 1.29 is 13.5 Å². The highest BCUT2D eigenvalue weighted by molar-refractivity contribution is 7.89. The summed E-state index contributed by atoms with van der Waals surface area (Å²) in [5, 5.41) is 9.47. The average molecular weight is 327 g/mol. The lowest BCUT2D eigenvalue weighted by molar-refractivity contribution is 0.138.